The minimum Gasteiger partial charge on any atom is -0.376 e. The number of hydrogen-bond donors (Lipinski definition) is 1. The number of carbonyl (C=O) groups is 1. The molecule has 1 aliphatic heterocycles. The zero-order valence-corrected chi connectivity index (χ0v) is 12.9. The van der Waals surface area contributed by atoms with Crippen LogP contribution in [0.4, 0.5) is 0 Å². The Labute approximate surface area is 121 Å². The van der Waals surface area contributed by atoms with Crippen LogP contribution in [0.5, 0.6) is 0 Å². The Kier molecular flexibility index (Phi) is 4.61. The fourth-order valence-electron chi connectivity index (χ4n) is 2.20. The average molecular weight is 359 g/mol. The molecule has 0 aromatic heterocycles. The van der Waals surface area contributed by atoms with Crippen molar-refractivity contribution in [1.82, 2.24) is 5.32 Å². The molecule has 0 bridgehead atoms. The predicted octanol–water partition coefficient (Wildman–Crippen LogP) is 2.90. The van der Waals surface area contributed by atoms with Crippen molar-refractivity contribution >= 4 is 28.5 Å². The lowest BCUT2D eigenvalue weighted by atomic mass is 10.1. The zero-order valence-electron chi connectivity index (χ0n) is 10.7. The van der Waals surface area contributed by atoms with Gasteiger partial charge in [-0.3, -0.25) is 4.79 Å². The van der Waals surface area contributed by atoms with Gasteiger partial charge in [0, 0.05) is 10.2 Å². The van der Waals surface area contributed by atoms with Gasteiger partial charge in [0.2, 0.25) is 0 Å². The lowest BCUT2D eigenvalue weighted by Gasteiger charge is -2.20. The second-order valence-corrected chi connectivity index (χ2v) is 5.83. The minimum atomic E-state index is -0.00824. The number of rotatable bonds is 3. The van der Waals surface area contributed by atoms with Gasteiger partial charge >= 0.3 is 0 Å². The molecular formula is C14H18INO2. The van der Waals surface area contributed by atoms with Crippen molar-refractivity contribution in [2.24, 2.45) is 0 Å². The SMILES string of the molecule is Cc1cccc(C(=O)N[C@H](C)[C@@H]2CCCO2)c1I. The second kappa shape index (κ2) is 6.02. The van der Waals surface area contributed by atoms with Crippen molar-refractivity contribution in [1.29, 1.82) is 0 Å². The predicted molar refractivity (Wildman–Crippen MR) is 79.8 cm³/mol. The number of carbonyl (C=O) groups excluding carboxylic acids is 1. The normalized spacial score (nSPS) is 20.7. The Morgan fingerprint density at radius 3 is 3.00 bits per heavy atom. The van der Waals surface area contributed by atoms with Gasteiger partial charge in [0.1, 0.15) is 0 Å². The standard InChI is InChI=1S/C14H18INO2/c1-9-5-3-6-11(13(9)15)14(17)16-10(2)12-7-4-8-18-12/h3,5-6,10,12H,4,7-8H2,1-2H3,(H,16,17)/t10-,12+/m1/s1. The van der Waals surface area contributed by atoms with Gasteiger partial charge in [-0.25, -0.2) is 0 Å². The van der Waals surface area contributed by atoms with Crippen molar-refractivity contribution in [3.05, 3.63) is 32.9 Å². The highest BCUT2D eigenvalue weighted by Gasteiger charge is 2.24. The van der Waals surface area contributed by atoms with Gasteiger partial charge in [0.15, 0.2) is 0 Å². The van der Waals surface area contributed by atoms with E-state index in [2.05, 4.69) is 27.9 Å². The summed E-state index contributed by atoms with van der Waals surface area (Å²) in [5, 5.41) is 3.04. The summed E-state index contributed by atoms with van der Waals surface area (Å²) in [4.78, 5) is 12.2. The molecule has 98 valence electrons. The first-order valence-electron chi connectivity index (χ1n) is 6.27. The summed E-state index contributed by atoms with van der Waals surface area (Å²) < 4.78 is 6.61. The highest BCUT2D eigenvalue weighted by Crippen LogP contribution is 2.18. The first kappa shape index (κ1) is 13.8. The highest BCUT2D eigenvalue weighted by molar-refractivity contribution is 14.1. The molecule has 0 spiro atoms. The van der Waals surface area contributed by atoms with Crippen LogP contribution >= 0.6 is 22.6 Å². The van der Waals surface area contributed by atoms with Gasteiger partial charge in [0.25, 0.3) is 5.91 Å². The summed E-state index contributed by atoms with van der Waals surface area (Å²) in [6, 6.07) is 5.87. The van der Waals surface area contributed by atoms with Crippen molar-refractivity contribution in [3.63, 3.8) is 0 Å². The van der Waals surface area contributed by atoms with Crippen LogP contribution in [0.2, 0.25) is 0 Å². The lowest BCUT2D eigenvalue weighted by molar-refractivity contribution is 0.0712. The molecule has 2 atom stereocenters. The quantitative estimate of drug-likeness (QED) is 0.843. The third-order valence-electron chi connectivity index (χ3n) is 3.32. The van der Waals surface area contributed by atoms with E-state index in [1.165, 1.54) is 0 Å². The van der Waals surface area contributed by atoms with Crippen LogP contribution in [0.25, 0.3) is 0 Å². The van der Waals surface area contributed by atoms with Crippen molar-refractivity contribution in [3.8, 4) is 0 Å². The van der Waals surface area contributed by atoms with Gasteiger partial charge in [-0.05, 0) is 60.9 Å². The first-order chi connectivity index (χ1) is 8.59. The first-order valence-corrected chi connectivity index (χ1v) is 7.35. The molecule has 1 N–H and O–H groups in total. The molecule has 1 fully saturated rings. The maximum Gasteiger partial charge on any atom is 0.252 e. The van der Waals surface area contributed by atoms with E-state index in [9.17, 15) is 4.79 Å². The fraction of sp³-hybridized carbons (Fsp3) is 0.500. The molecule has 2 rings (SSSR count). The summed E-state index contributed by atoms with van der Waals surface area (Å²) in [6.07, 6.45) is 2.29. The van der Waals surface area contributed by atoms with E-state index in [-0.39, 0.29) is 18.1 Å². The van der Waals surface area contributed by atoms with Crippen LogP contribution in [0, 0.1) is 10.5 Å². The van der Waals surface area contributed by atoms with Crippen LogP contribution in [-0.2, 0) is 4.74 Å². The molecular weight excluding hydrogens is 341 g/mol. The number of benzene rings is 1. The van der Waals surface area contributed by atoms with Crippen molar-refractivity contribution in [2.45, 2.75) is 38.8 Å². The Hall–Kier alpha value is -0.620. The monoisotopic (exact) mass is 359 g/mol. The van der Waals surface area contributed by atoms with Gasteiger partial charge in [-0.1, -0.05) is 12.1 Å². The molecule has 1 aliphatic rings. The van der Waals surface area contributed by atoms with Crippen molar-refractivity contribution < 1.29 is 9.53 Å². The Morgan fingerprint density at radius 2 is 2.33 bits per heavy atom. The number of halogens is 1. The summed E-state index contributed by atoms with van der Waals surface area (Å²) in [6.45, 7) is 4.84. The molecule has 0 saturated carbocycles. The van der Waals surface area contributed by atoms with E-state index in [0.717, 1.165) is 34.1 Å². The molecule has 1 heterocycles. The van der Waals surface area contributed by atoms with Gasteiger partial charge in [0.05, 0.1) is 17.7 Å². The van der Waals surface area contributed by atoms with E-state index in [1.807, 2.05) is 32.0 Å². The number of nitrogens with one attached hydrogen (secondary N) is 1. The average Bonchev–Trinajstić information content (AvgIpc) is 2.86. The third-order valence-corrected chi connectivity index (χ3v) is 4.75. The van der Waals surface area contributed by atoms with Crippen LogP contribution in [-0.4, -0.2) is 24.7 Å². The zero-order chi connectivity index (χ0) is 13.1. The van der Waals surface area contributed by atoms with E-state index in [0.29, 0.717) is 0 Å². The van der Waals surface area contributed by atoms with E-state index >= 15 is 0 Å². The van der Waals surface area contributed by atoms with Gasteiger partial charge in [-0.2, -0.15) is 0 Å². The molecule has 0 radical (unpaired) electrons. The van der Waals surface area contributed by atoms with Gasteiger partial charge in [-0.15, -0.1) is 0 Å². The molecule has 1 saturated heterocycles. The molecule has 1 aromatic rings. The molecule has 0 unspecified atom stereocenters. The molecule has 18 heavy (non-hydrogen) atoms. The maximum atomic E-state index is 12.2. The van der Waals surface area contributed by atoms with Crippen molar-refractivity contribution in [2.75, 3.05) is 6.61 Å². The summed E-state index contributed by atoms with van der Waals surface area (Å²) in [5.41, 5.74) is 1.88. The van der Waals surface area contributed by atoms with Crippen LogP contribution in [0.3, 0.4) is 0 Å². The van der Waals surface area contributed by atoms with Crippen LogP contribution in [0.1, 0.15) is 35.7 Å². The number of amides is 1. The van der Waals surface area contributed by atoms with E-state index < -0.39 is 0 Å². The number of aryl methyl sites for hydroxylation is 1. The lowest BCUT2D eigenvalue weighted by Crippen LogP contribution is -2.41. The molecule has 1 aromatic carbocycles. The Morgan fingerprint density at radius 1 is 1.56 bits per heavy atom. The molecule has 1 amide bonds. The van der Waals surface area contributed by atoms with E-state index in [1.54, 1.807) is 0 Å². The number of ether oxygens (including phenoxy) is 1. The Bertz CT molecular complexity index is 441. The number of hydrogen-bond acceptors (Lipinski definition) is 2. The van der Waals surface area contributed by atoms with Crippen LogP contribution < -0.4 is 5.32 Å². The largest absolute Gasteiger partial charge is 0.376 e. The summed E-state index contributed by atoms with van der Waals surface area (Å²) in [5.74, 6) is -0.00824. The maximum absolute atomic E-state index is 12.2. The molecule has 4 heteroatoms. The highest BCUT2D eigenvalue weighted by atomic mass is 127. The summed E-state index contributed by atoms with van der Waals surface area (Å²) in [7, 11) is 0. The van der Waals surface area contributed by atoms with E-state index in [4.69, 9.17) is 4.74 Å². The topological polar surface area (TPSA) is 38.3 Å². The third kappa shape index (κ3) is 3.03. The minimum absolute atomic E-state index is 0.00824. The smallest absolute Gasteiger partial charge is 0.252 e. The Balaban J connectivity index is 2.05. The van der Waals surface area contributed by atoms with Crippen LogP contribution in [0.15, 0.2) is 18.2 Å². The molecule has 3 nitrogen and oxygen atoms in total. The van der Waals surface area contributed by atoms with Gasteiger partial charge < -0.3 is 10.1 Å². The fourth-order valence-corrected chi connectivity index (χ4v) is 2.80. The molecule has 0 aliphatic carbocycles. The second-order valence-electron chi connectivity index (χ2n) is 4.75. The summed E-state index contributed by atoms with van der Waals surface area (Å²) >= 11 is 2.22.